The molecule has 8 heteroatoms. The predicted molar refractivity (Wildman–Crippen MR) is 123 cm³/mol. The molecule has 0 aliphatic carbocycles. The summed E-state index contributed by atoms with van der Waals surface area (Å²) in [6.45, 7) is 8.08. The van der Waals surface area contributed by atoms with Gasteiger partial charge in [0.15, 0.2) is 0 Å². The van der Waals surface area contributed by atoms with Crippen LogP contribution in [0, 0.1) is 13.8 Å². The second kappa shape index (κ2) is 9.01. The van der Waals surface area contributed by atoms with Gasteiger partial charge in [0.25, 0.3) is 5.91 Å². The minimum Gasteiger partial charge on any atom is -0.467 e. The Kier molecular flexibility index (Phi) is 6.18. The number of amides is 1. The number of rotatable bonds is 7. The molecule has 7 nitrogen and oxygen atoms in total. The summed E-state index contributed by atoms with van der Waals surface area (Å²) in [5.74, 6) is 2.02. The Hall–Kier alpha value is -3.00. The summed E-state index contributed by atoms with van der Waals surface area (Å²) < 4.78 is 7.47. The topological polar surface area (TPSA) is 85.0 Å². The molecule has 0 bridgehead atoms. The molecule has 1 amide bonds. The van der Waals surface area contributed by atoms with Crippen molar-refractivity contribution in [1.29, 1.82) is 0 Å². The summed E-state index contributed by atoms with van der Waals surface area (Å²) in [6, 6.07) is 9.08. The highest BCUT2D eigenvalue weighted by molar-refractivity contribution is 7.99. The van der Waals surface area contributed by atoms with E-state index in [0.29, 0.717) is 22.4 Å². The highest BCUT2D eigenvalue weighted by atomic mass is 32.2. The van der Waals surface area contributed by atoms with Crippen molar-refractivity contribution in [1.82, 2.24) is 14.8 Å². The van der Waals surface area contributed by atoms with Crippen LogP contribution in [0.2, 0.25) is 0 Å². The lowest BCUT2D eigenvalue weighted by Gasteiger charge is -2.27. The third-order valence-corrected chi connectivity index (χ3v) is 6.40. The van der Waals surface area contributed by atoms with E-state index in [1.165, 1.54) is 0 Å². The van der Waals surface area contributed by atoms with Crippen molar-refractivity contribution in [2.75, 3.05) is 16.4 Å². The molecule has 4 rings (SSSR count). The molecule has 0 saturated carbocycles. The van der Waals surface area contributed by atoms with E-state index < -0.39 is 6.04 Å². The minimum atomic E-state index is -0.496. The molecular formula is C23H27N5O2S. The highest BCUT2D eigenvalue weighted by Crippen LogP contribution is 2.37. The second-order valence-electron chi connectivity index (χ2n) is 7.65. The first kappa shape index (κ1) is 21.2. The number of furan rings is 1. The number of nitrogens with zero attached hydrogens (tertiary/aromatic N) is 3. The van der Waals surface area contributed by atoms with Crippen LogP contribution in [0.15, 0.2) is 57.4 Å². The molecule has 0 radical (unpaired) electrons. The molecule has 1 aromatic carbocycles. The number of benzene rings is 1. The molecule has 1 atom stereocenters. The van der Waals surface area contributed by atoms with Gasteiger partial charge in [0.05, 0.1) is 11.8 Å². The Morgan fingerprint density at radius 3 is 2.84 bits per heavy atom. The molecule has 2 N–H and O–H groups in total. The van der Waals surface area contributed by atoms with Crippen LogP contribution >= 0.6 is 11.8 Å². The Balaban J connectivity index is 1.69. The molecule has 1 aliphatic rings. The number of allylic oxidation sites excluding steroid dienone is 1. The molecule has 0 fully saturated rings. The van der Waals surface area contributed by atoms with Gasteiger partial charge in [-0.05, 0) is 56.5 Å². The first-order chi connectivity index (χ1) is 15.0. The zero-order valence-electron chi connectivity index (χ0n) is 18.2. The number of aryl methyl sites for hydroxylation is 1. The molecule has 2 aromatic heterocycles. The Morgan fingerprint density at radius 2 is 2.10 bits per heavy atom. The fourth-order valence-electron chi connectivity index (χ4n) is 3.58. The Morgan fingerprint density at radius 1 is 1.26 bits per heavy atom. The van der Waals surface area contributed by atoms with Gasteiger partial charge in [-0.1, -0.05) is 37.2 Å². The number of nitrogens with one attached hydrogen (secondary N) is 2. The van der Waals surface area contributed by atoms with Crippen molar-refractivity contribution in [3.8, 4) is 0 Å². The fourth-order valence-corrected chi connectivity index (χ4v) is 4.49. The van der Waals surface area contributed by atoms with Crippen molar-refractivity contribution in [3.63, 3.8) is 0 Å². The van der Waals surface area contributed by atoms with E-state index >= 15 is 0 Å². The number of unbranched alkanes of at least 4 members (excludes halogenated alkanes) is 1. The number of anilines is 2. The summed E-state index contributed by atoms with van der Waals surface area (Å²) in [6.07, 6.45) is 3.84. The molecule has 31 heavy (non-hydrogen) atoms. The van der Waals surface area contributed by atoms with E-state index in [0.717, 1.165) is 41.1 Å². The van der Waals surface area contributed by atoms with E-state index in [9.17, 15) is 4.79 Å². The van der Waals surface area contributed by atoms with Gasteiger partial charge in [-0.3, -0.25) is 4.79 Å². The van der Waals surface area contributed by atoms with Crippen LogP contribution in [-0.2, 0) is 4.79 Å². The van der Waals surface area contributed by atoms with E-state index in [4.69, 9.17) is 9.52 Å². The number of carbonyl (C=O) groups excluding carboxylic acids is 1. The van der Waals surface area contributed by atoms with Crippen LogP contribution in [0.1, 0.15) is 49.6 Å². The van der Waals surface area contributed by atoms with Gasteiger partial charge < -0.3 is 15.1 Å². The predicted octanol–water partition coefficient (Wildman–Crippen LogP) is 5.31. The van der Waals surface area contributed by atoms with Crippen LogP contribution in [-0.4, -0.2) is 26.4 Å². The van der Waals surface area contributed by atoms with Crippen LogP contribution in [0.4, 0.5) is 11.6 Å². The van der Waals surface area contributed by atoms with Crippen LogP contribution in [0.5, 0.6) is 0 Å². The smallest absolute Gasteiger partial charge is 0.256 e. The summed E-state index contributed by atoms with van der Waals surface area (Å²) in [7, 11) is 0. The molecule has 0 saturated heterocycles. The number of carbonyl (C=O) groups is 1. The third-order valence-electron chi connectivity index (χ3n) is 5.47. The monoisotopic (exact) mass is 437 g/mol. The summed E-state index contributed by atoms with van der Waals surface area (Å²) in [4.78, 5) is 18.1. The first-order valence-corrected chi connectivity index (χ1v) is 11.5. The van der Waals surface area contributed by atoms with Crippen molar-refractivity contribution in [2.24, 2.45) is 0 Å². The zero-order chi connectivity index (χ0) is 22.0. The second-order valence-corrected chi connectivity index (χ2v) is 8.71. The highest BCUT2D eigenvalue weighted by Gasteiger charge is 2.36. The van der Waals surface area contributed by atoms with Crippen LogP contribution < -0.4 is 10.6 Å². The quantitative estimate of drug-likeness (QED) is 0.385. The third kappa shape index (κ3) is 4.25. The average Bonchev–Trinajstić information content (AvgIpc) is 3.40. The van der Waals surface area contributed by atoms with Crippen LogP contribution in [0.25, 0.3) is 0 Å². The van der Waals surface area contributed by atoms with Crippen molar-refractivity contribution in [2.45, 2.75) is 51.7 Å². The summed E-state index contributed by atoms with van der Waals surface area (Å²) in [5, 5.41) is 11.7. The lowest BCUT2D eigenvalue weighted by molar-refractivity contribution is -0.113. The first-order valence-electron chi connectivity index (χ1n) is 10.5. The zero-order valence-corrected chi connectivity index (χ0v) is 19.0. The van der Waals surface area contributed by atoms with Gasteiger partial charge in [0, 0.05) is 17.1 Å². The Labute approximate surface area is 186 Å². The average molecular weight is 438 g/mol. The van der Waals surface area contributed by atoms with E-state index in [1.807, 2.05) is 51.1 Å². The molecular weight excluding hydrogens is 410 g/mol. The SMILES string of the molecule is CCCCSc1nc2n(n1)C(c1ccco1)C(C(=O)Nc1cccc(C)c1C)=C(C)N2. The number of fused-ring (bicyclic) bond motifs is 1. The maximum Gasteiger partial charge on any atom is 0.256 e. The van der Waals surface area contributed by atoms with Crippen molar-refractivity contribution < 1.29 is 9.21 Å². The van der Waals surface area contributed by atoms with Gasteiger partial charge >= 0.3 is 0 Å². The van der Waals surface area contributed by atoms with Gasteiger partial charge in [0.1, 0.15) is 11.8 Å². The molecule has 0 spiro atoms. The van der Waals surface area contributed by atoms with E-state index in [-0.39, 0.29) is 5.91 Å². The minimum absolute atomic E-state index is 0.193. The lowest BCUT2D eigenvalue weighted by Crippen LogP contribution is -2.31. The molecule has 1 aliphatic heterocycles. The number of aromatic nitrogens is 3. The molecule has 162 valence electrons. The van der Waals surface area contributed by atoms with Gasteiger partial charge in [0.2, 0.25) is 11.1 Å². The summed E-state index contributed by atoms with van der Waals surface area (Å²) in [5.41, 5.74) is 4.25. The molecule has 1 unspecified atom stereocenters. The van der Waals surface area contributed by atoms with Gasteiger partial charge in [-0.2, -0.15) is 4.98 Å². The fraction of sp³-hybridized carbons (Fsp3) is 0.348. The van der Waals surface area contributed by atoms with E-state index in [2.05, 4.69) is 22.5 Å². The number of hydrogen-bond donors (Lipinski definition) is 2. The van der Waals surface area contributed by atoms with E-state index in [1.54, 1.807) is 22.7 Å². The van der Waals surface area contributed by atoms with Crippen molar-refractivity contribution >= 4 is 29.3 Å². The number of hydrogen-bond acceptors (Lipinski definition) is 6. The molecule has 3 heterocycles. The number of thioether (sulfide) groups is 1. The maximum atomic E-state index is 13.5. The standard InChI is InChI=1S/C23H27N5O2S/c1-5-6-13-31-23-26-22-24-16(4)19(20(28(22)27-23)18-11-8-12-30-18)21(29)25-17-10-7-9-14(2)15(17)3/h7-12,20H,5-6,13H2,1-4H3,(H,25,29)(H,24,26,27). The van der Waals surface area contributed by atoms with Crippen molar-refractivity contribution in [3.05, 3.63) is 64.8 Å². The maximum absolute atomic E-state index is 13.5. The normalized spacial score (nSPS) is 15.5. The largest absolute Gasteiger partial charge is 0.467 e. The van der Waals surface area contributed by atoms with Gasteiger partial charge in [-0.25, -0.2) is 4.68 Å². The summed E-state index contributed by atoms with van der Waals surface area (Å²) >= 11 is 1.62. The molecule has 3 aromatic rings. The van der Waals surface area contributed by atoms with Gasteiger partial charge in [-0.15, -0.1) is 5.10 Å². The van der Waals surface area contributed by atoms with Crippen LogP contribution in [0.3, 0.4) is 0 Å². The lowest BCUT2D eigenvalue weighted by atomic mass is 9.99. The Bertz CT molecular complexity index is 1120.